The van der Waals surface area contributed by atoms with E-state index in [0.29, 0.717) is 0 Å². The largest absolute Gasteiger partial charge is 0.497 e. The van der Waals surface area contributed by atoms with Gasteiger partial charge in [0.1, 0.15) is 5.75 Å². The Balaban J connectivity index is 2.31. The fourth-order valence-electron chi connectivity index (χ4n) is 1.73. The molecule has 0 amide bonds. The Labute approximate surface area is 95.4 Å². The molecule has 1 aliphatic carbocycles. The molecule has 0 radical (unpaired) electrons. The molecule has 0 heterocycles. The van der Waals surface area contributed by atoms with Crippen LogP contribution in [-0.4, -0.2) is 12.6 Å². The van der Waals surface area contributed by atoms with Gasteiger partial charge in [-0.25, -0.2) is 0 Å². The van der Waals surface area contributed by atoms with E-state index in [2.05, 4.69) is 0 Å². The molecule has 0 bridgehead atoms. The van der Waals surface area contributed by atoms with Gasteiger partial charge in [0.25, 0.3) is 0 Å². The number of hydrogen-bond donors (Lipinski definition) is 1. The summed E-state index contributed by atoms with van der Waals surface area (Å²) in [5.74, 6) is 0.810. The van der Waals surface area contributed by atoms with Crippen LogP contribution in [0, 0.1) is 6.92 Å². The van der Waals surface area contributed by atoms with E-state index in [0.717, 1.165) is 35.6 Å². The van der Waals surface area contributed by atoms with Gasteiger partial charge in [-0.2, -0.15) is 0 Å². The highest BCUT2D eigenvalue weighted by molar-refractivity contribution is 6.31. The van der Waals surface area contributed by atoms with Crippen LogP contribution in [0.15, 0.2) is 12.1 Å². The Morgan fingerprint density at radius 2 is 2.13 bits per heavy atom. The first kappa shape index (κ1) is 10.8. The summed E-state index contributed by atoms with van der Waals surface area (Å²) in [7, 11) is 1.65. The summed E-state index contributed by atoms with van der Waals surface area (Å²) in [6.45, 7) is 2.03. The molecule has 0 aliphatic heterocycles. The Morgan fingerprint density at radius 3 is 2.67 bits per heavy atom. The third kappa shape index (κ3) is 2.27. The molecule has 1 aliphatic rings. The zero-order chi connectivity index (χ0) is 11.1. The third-order valence-electron chi connectivity index (χ3n) is 3.10. The van der Waals surface area contributed by atoms with Crippen molar-refractivity contribution < 1.29 is 4.74 Å². The molecule has 0 saturated heterocycles. The summed E-state index contributed by atoms with van der Waals surface area (Å²) in [4.78, 5) is 0. The van der Waals surface area contributed by atoms with Gasteiger partial charge < -0.3 is 10.5 Å². The standard InChI is InChI=1S/C12H16ClNO/c1-8-9(7-12(14)3-4-12)5-10(15-2)6-11(8)13/h5-6H,3-4,7,14H2,1-2H3. The van der Waals surface area contributed by atoms with Gasteiger partial charge in [-0.15, -0.1) is 0 Å². The van der Waals surface area contributed by atoms with Crippen molar-refractivity contribution in [1.29, 1.82) is 0 Å². The number of hydrogen-bond acceptors (Lipinski definition) is 2. The lowest BCUT2D eigenvalue weighted by atomic mass is 10.00. The van der Waals surface area contributed by atoms with E-state index >= 15 is 0 Å². The number of methoxy groups -OCH3 is 1. The van der Waals surface area contributed by atoms with E-state index in [1.54, 1.807) is 7.11 Å². The molecule has 1 aromatic carbocycles. The summed E-state index contributed by atoms with van der Waals surface area (Å²) in [6.07, 6.45) is 3.12. The maximum Gasteiger partial charge on any atom is 0.120 e. The van der Waals surface area contributed by atoms with E-state index in [9.17, 15) is 0 Å². The van der Waals surface area contributed by atoms with Gasteiger partial charge >= 0.3 is 0 Å². The number of rotatable bonds is 3. The first-order chi connectivity index (χ1) is 7.04. The number of benzene rings is 1. The highest BCUT2D eigenvalue weighted by Crippen LogP contribution is 2.38. The molecule has 0 unspecified atom stereocenters. The molecule has 1 fully saturated rings. The average Bonchev–Trinajstić information content (AvgIpc) is 2.91. The molecule has 1 saturated carbocycles. The Morgan fingerprint density at radius 1 is 1.47 bits per heavy atom. The summed E-state index contributed by atoms with van der Waals surface area (Å²) < 4.78 is 5.20. The Kier molecular flexibility index (Phi) is 2.65. The quantitative estimate of drug-likeness (QED) is 0.859. The Hall–Kier alpha value is -0.730. The smallest absolute Gasteiger partial charge is 0.120 e. The minimum Gasteiger partial charge on any atom is -0.497 e. The maximum atomic E-state index is 6.13. The van der Waals surface area contributed by atoms with E-state index in [1.807, 2.05) is 19.1 Å². The molecule has 0 aromatic heterocycles. The topological polar surface area (TPSA) is 35.2 Å². The van der Waals surface area contributed by atoms with Crippen molar-refractivity contribution in [2.45, 2.75) is 31.7 Å². The minimum absolute atomic E-state index is 0.0143. The molecule has 3 heteroatoms. The number of halogens is 1. The zero-order valence-corrected chi connectivity index (χ0v) is 9.90. The van der Waals surface area contributed by atoms with Crippen LogP contribution in [-0.2, 0) is 6.42 Å². The number of nitrogens with two attached hydrogens (primary N) is 1. The summed E-state index contributed by atoms with van der Waals surface area (Å²) in [5, 5.41) is 0.758. The van der Waals surface area contributed by atoms with Crippen molar-refractivity contribution >= 4 is 11.6 Å². The molecular formula is C12H16ClNO. The summed E-state index contributed by atoms with van der Waals surface area (Å²) >= 11 is 6.13. The van der Waals surface area contributed by atoms with Crippen LogP contribution in [0.5, 0.6) is 5.75 Å². The fraction of sp³-hybridized carbons (Fsp3) is 0.500. The van der Waals surface area contributed by atoms with Gasteiger partial charge in [0.15, 0.2) is 0 Å². The molecule has 1 aromatic rings. The highest BCUT2D eigenvalue weighted by Gasteiger charge is 2.38. The second-order valence-electron chi connectivity index (χ2n) is 4.43. The number of ether oxygens (including phenoxy) is 1. The van der Waals surface area contributed by atoms with Crippen molar-refractivity contribution in [3.8, 4) is 5.75 Å². The molecular weight excluding hydrogens is 210 g/mol. The van der Waals surface area contributed by atoms with Crippen LogP contribution in [0.2, 0.25) is 5.02 Å². The predicted octanol–water partition coefficient (Wildman–Crippen LogP) is 2.69. The Bertz CT molecular complexity index is 385. The highest BCUT2D eigenvalue weighted by atomic mass is 35.5. The molecule has 0 atom stereocenters. The monoisotopic (exact) mass is 225 g/mol. The van der Waals surface area contributed by atoms with Crippen molar-refractivity contribution in [2.24, 2.45) is 5.73 Å². The van der Waals surface area contributed by atoms with Gasteiger partial charge in [0.2, 0.25) is 0 Å². The summed E-state index contributed by atoms with van der Waals surface area (Å²) in [5.41, 5.74) is 8.45. The van der Waals surface area contributed by atoms with Crippen LogP contribution < -0.4 is 10.5 Å². The van der Waals surface area contributed by atoms with Crippen LogP contribution in [0.25, 0.3) is 0 Å². The minimum atomic E-state index is 0.0143. The van der Waals surface area contributed by atoms with Gasteiger partial charge in [-0.3, -0.25) is 0 Å². The second kappa shape index (κ2) is 3.69. The maximum absolute atomic E-state index is 6.13. The lowest BCUT2D eigenvalue weighted by molar-refractivity contribution is 0.414. The van der Waals surface area contributed by atoms with E-state index in [1.165, 1.54) is 5.56 Å². The summed E-state index contributed by atoms with van der Waals surface area (Å²) in [6, 6.07) is 3.88. The molecule has 2 nitrogen and oxygen atoms in total. The van der Waals surface area contributed by atoms with Crippen LogP contribution in [0.3, 0.4) is 0 Å². The van der Waals surface area contributed by atoms with Crippen LogP contribution in [0.4, 0.5) is 0 Å². The molecule has 15 heavy (non-hydrogen) atoms. The zero-order valence-electron chi connectivity index (χ0n) is 9.14. The molecule has 2 N–H and O–H groups in total. The van der Waals surface area contributed by atoms with Crippen molar-refractivity contribution in [2.75, 3.05) is 7.11 Å². The lowest BCUT2D eigenvalue weighted by Gasteiger charge is -2.14. The van der Waals surface area contributed by atoms with Gasteiger partial charge in [0.05, 0.1) is 7.11 Å². The van der Waals surface area contributed by atoms with E-state index < -0.39 is 0 Å². The van der Waals surface area contributed by atoms with Crippen molar-refractivity contribution in [1.82, 2.24) is 0 Å². The van der Waals surface area contributed by atoms with Gasteiger partial charge in [-0.05, 0) is 49.4 Å². The second-order valence-corrected chi connectivity index (χ2v) is 4.84. The van der Waals surface area contributed by atoms with Gasteiger partial charge in [-0.1, -0.05) is 11.6 Å². The first-order valence-corrected chi connectivity index (χ1v) is 5.54. The lowest BCUT2D eigenvalue weighted by Crippen LogP contribution is -2.24. The fourth-order valence-corrected chi connectivity index (χ4v) is 1.96. The normalized spacial score (nSPS) is 17.6. The van der Waals surface area contributed by atoms with Crippen molar-refractivity contribution in [3.63, 3.8) is 0 Å². The van der Waals surface area contributed by atoms with Crippen LogP contribution >= 0.6 is 11.6 Å². The van der Waals surface area contributed by atoms with E-state index in [-0.39, 0.29) is 5.54 Å². The first-order valence-electron chi connectivity index (χ1n) is 5.16. The predicted molar refractivity (Wildman–Crippen MR) is 62.6 cm³/mol. The van der Waals surface area contributed by atoms with E-state index in [4.69, 9.17) is 22.1 Å². The SMILES string of the molecule is COc1cc(Cl)c(C)c(CC2(N)CC2)c1. The molecule has 82 valence electrons. The molecule has 2 rings (SSSR count). The molecule has 0 spiro atoms. The van der Waals surface area contributed by atoms with Gasteiger partial charge in [0, 0.05) is 10.6 Å². The van der Waals surface area contributed by atoms with Crippen molar-refractivity contribution in [3.05, 3.63) is 28.3 Å². The average molecular weight is 226 g/mol. The third-order valence-corrected chi connectivity index (χ3v) is 3.49. The van der Waals surface area contributed by atoms with Crippen LogP contribution in [0.1, 0.15) is 24.0 Å².